The maximum Gasteiger partial charge on any atom is 0.0445 e. The summed E-state index contributed by atoms with van der Waals surface area (Å²) >= 11 is 0. The quantitative estimate of drug-likeness (QED) is 0.0798. The van der Waals surface area contributed by atoms with Crippen LogP contribution in [-0.2, 0) is 0 Å². The smallest absolute Gasteiger partial charge is 0.0445 e. The van der Waals surface area contributed by atoms with Crippen LogP contribution in [-0.4, -0.2) is 16.1 Å². The van der Waals surface area contributed by atoms with Gasteiger partial charge >= 0.3 is 0 Å². The summed E-state index contributed by atoms with van der Waals surface area (Å²) in [5.74, 6) is 3.00. The molecule has 3 unspecified atom stereocenters. The molecule has 32 heavy (non-hydrogen) atoms. The van der Waals surface area contributed by atoms with Crippen molar-refractivity contribution in [2.24, 2.45) is 23.7 Å². The third kappa shape index (κ3) is 21.5. The SMILES string of the molecule is CC(C)CCCCCCC/C=C/C=C/C(/C=C/CC(C)C[Si](C)(C)C)C(C)C[Si](C)(C)C. The molecule has 0 radical (unpaired) electrons. The second-order valence-corrected chi connectivity index (χ2v) is 24.5. The molecule has 3 atom stereocenters. The maximum absolute atomic E-state index is 2.52. The van der Waals surface area contributed by atoms with Crippen molar-refractivity contribution in [1.82, 2.24) is 0 Å². The molecule has 188 valence electrons. The van der Waals surface area contributed by atoms with Crippen LogP contribution in [0.15, 0.2) is 36.5 Å². The number of hydrogen-bond donors (Lipinski definition) is 0. The molecular weight excluding hydrogens is 417 g/mol. The maximum atomic E-state index is 2.52. The van der Waals surface area contributed by atoms with Crippen molar-refractivity contribution in [3.05, 3.63) is 36.5 Å². The van der Waals surface area contributed by atoms with Gasteiger partial charge in [0.2, 0.25) is 0 Å². The number of rotatable bonds is 18. The molecule has 0 fully saturated rings. The highest BCUT2D eigenvalue weighted by Crippen LogP contribution is 2.27. The second-order valence-electron chi connectivity index (χ2n) is 13.4. The Bertz CT molecular complexity index is 528. The number of allylic oxidation sites excluding steroid dienone is 6. The van der Waals surface area contributed by atoms with Crippen LogP contribution in [0.4, 0.5) is 0 Å². The van der Waals surface area contributed by atoms with Gasteiger partial charge in [-0.1, -0.05) is 148 Å². The molecule has 0 nitrogen and oxygen atoms in total. The van der Waals surface area contributed by atoms with Crippen LogP contribution >= 0.6 is 0 Å². The summed E-state index contributed by atoms with van der Waals surface area (Å²) in [4.78, 5) is 0. The average molecular weight is 477 g/mol. The van der Waals surface area contributed by atoms with E-state index in [-0.39, 0.29) is 0 Å². The predicted octanol–water partition coefficient (Wildman–Crippen LogP) is 11.0. The number of unbranched alkanes of at least 4 members (excludes halogenated alkanes) is 5. The fourth-order valence-corrected chi connectivity index (χ4v) is 9.32. The van der Waals surface area contributed by atoms with Crippen LogP contribution in [0.25, 0.3) is 0 Å². The summed E-state index contributed by atoms with van der Waals surface area (Å²) < 4.78 is 0. The van der Waals surface area contributed by atoms with E-state index in [0.29, 0.717) is 5.92 Å². The molecule has 0 aromatic carbocycles. The highest BCUT2D eigenvalue weighted by Gasteiger charge is 2.21. The Morgan fingerprint density at radius 2 is 1.22 bits per heavy atom. The van der Waals surface area contributed by atoms with Crippen molar-refractivity contribution in [3.8, 4) is 0 Å². The standard InChI is InChI=1S/C30H60Si2/c1-27(2)21-18-16-14-12-11-13-15-17-19-23-30(29(4)26-32(8,9)10)24-20-22-28(3)25-31(5,6)7/h15,17,19-20,23-24,27-30H,11-14,16,18,21-22,25-26H2,1-10H3/b17-15+,23-19+,24-20+. The Hall–Kier alpha value is -0.346. The van der Waals surface area contributed by atoms with Gasteiger partial charge in [-0.2, -0.15) is 0 Å². The normalized spacial score (nSPS) is 16.6. The van der Waals surface area contributed by atoms with E-state index in [9.17, 15) is 0 Å². The molecule has 0 spiro atoms. The summed E-state index contributed by atoms with van der Waals surface area (Å²) in [6.45, 7) is 24.6. The predicted molar refractivity (Wildman–Crippen MR) is 157 cm³/mol. The zero-order valence-electron chi connectivity index (χ0n) is 23.8. The van der Waals surface area contributed by atoms with E-state index >= 15 is 0 Å². The lowest BCUT2D eigenvalue weighted by atomic mass is 9.93. The van der Waals surface area contributed by atoms with E-state index in [2.05, 4.69) is 103 Å². The van der Waals surface area contributed by atoms with Crippen molar-refractivity contribution >= 4 is 16.1 Å². The minimum Gasteiger partial charge on any atom is -0.0877 e. The third-order valence-corrected chi connectivity index (χ3v) is 9.97. The van der Waals surface area contributed by atoms with Crippen LogP contribution in [0.2, 0.25) is 51.4 Å². The molecule has 0 aromatic heterocycles. The van der Waals surface area contributed by atoms with Gasteiger partial charge in [-0.3, -0.25) is 0 Å². The van der Waals surface area contributed by atoms with Crippen molar-refractivity contribution in [3.63, 3.8) is 0 Å². The van der Waals surface area contributed by atoms with Gasteiger partial charge in [-0.25, -0.2) is 0 Å². The fraction of sp³-hybridized carbons (Fsp3) is 0.800. The van der Waals surface area contributed by atoms with Gasteiger partial charge < -0.3 is 0 Å². The molecule has 0 aromatic rings. The summed E-state index contributed by atoms with van der Waals surface area (Å²) in [5.41, 5.74) is 0. The van der Waals surface area contributed by atoms with Gasteiger partial charge in [0.05, 0.1) is 0 Å². The molecule has 0 aliphatic carbocycles. The van der Waals surface area contributed by atoms with Gasteiger partial charge in [0.15, 0.2) is 0 Å². The Balaban J connectivity index is 4.54. The Labute approximate surface area is 206 Å². The lowest BCUT2D eigenvalue weighted by Crippen LogP contribution is -2.25. The highest BCUT2D eigenvalue weighted by atomic mass is 28.3. The molecule has 0 rings (SSSR count). The lowest BCUT2D eigenvalue weighted by molar-refractivity contribution is 0.516. The van der Waals surface area contributed by atoms with Crippen LogP contribution in [0.1, 0.15) is 79.1 Å². The highest BCUT2D eigenvalue weighted by molar-refractivity contribution is 6.76. The monoisotopic (exact) mass is 476 g/mol. The van der Waals surface area contributed by atoms with Gasteiger partial charge in [-0.15, -0.1) is 0 Å². The molecule has 0 aliphatic rings. The minimum absolute atomic E-state index is 0.575. The first-order valence-corrected chi connectivity index (χ1v) is 21.2. The molecule has 0 amide bonds. The van der Waals surface area contributed by atoms with Crippen LogP contribution in [0, 0.1) is 23.7 Å². The summed E-state index contributed by atoms with van der Waals surface area (Å²) in [6, 6.07) is 2.83. The molecule has 0 aliphatic heterocycles. The van der Waals surface area contributed by atoms with Crippen LogP contribution < -0.4 is 0 Å². The first-order chi connectivity index (χ1) is 14.8. The zero-order chi connectivity index (χ0) is 24.6. The molecule has 0 saturated carbocycles. The zero-order valence-corrected chi connectivity index (χ0v) is 25.8. The van der Waals surface area contributed by atoms with E-state index in [1.54, 1.807) is 0 Å². The first kappa shape index (κ1) is 31.7. The molecule has 0 saturated heterocycles. The van der Waals surface area contributed by atoms with Crippen molar-refractivity contribution < 1.29 is 0 Å². The van der Waals surface area contributed by atoms with E-state index in [1.165, 1.54) is 63.5 Å². The van der Waals surface area contributed by atoms with E-state index in [4.69, 9.17) is 0 Å². The Morgan fingerprint density at radius 3 is 1.81 bits per heavy atom. The fourth-order valence-electron chi connectivity index (χ4n) is 4.85. The summed E-state index contributed by atoms with van der Waals surface area (Å²) in [5, 5.41) is 0. The first-order valence-electron chi connectivity index (χ1n) is 13.8. The van der Waals surface area contributed by atoms with E-state index in [0.717, 1.165) is 17.8 Å². The Kier molecular flexibility index (Phi) is 17.0. The van der Waals surface area contributed by atoms with Crippen LogP contribution in [0.5, 0.6) is 0 Å². The van der Waals surface area contributed by atoms with Gasteiger partial charge in [-0.05, 0) is 42.9 Å². The van der Waals surface area contributed by atoms with Crippen LogP contribution in [0.3, 0.4) is 0 Å². The minimum atomic E-state index is -1.04. The summed E-state index contributed by atoms with van der Waals surface area (Å²) in [7, 11) is -2.00. The van der Waals surface area contributed by atoms with Gasteiger partial charge in [0.25, 0.3) is 0 Å². The molecular formula is C30H60Si2. The lowest BCUT2D eigenvalue weighted by Gasteiger charge is -2.25. The third-order valence-electron chi connectivity index (χ3n) is 6.18. The molecule has 0 bridgehead atoms. The van der Waals surface area contributed by atoms with Gasteiger partial charge in [0.1, 0.15) is 0 Å². The average Bonchev–Trinajstić information content (AvgIpc) is 2.61. The Morgan fingerprint density at radius 1 is 0.625 bits per heavy atom. The summed E-state index contributed by atoms with van der Waals surface area (Å²) in [6.07, 6.45) is 25.3. The molecule has 0 heterocycles. The largest absolute Gasteiger partial charge is 0.0877 e. The van der Waals surface area contributed by atoms with Gasteiger partial charge in [0, 0.05) is 16.1 Å². The molecule has 0 N–H and O–H groups in total. The number of hydrogen-bond acceptors (Lipinski definition) is 0. The van der Waals surface area contributed by atoms with Crippen molar-refractivity contribution in [1.29, 1.82) is 0 Å². The topological polar surface area (TPSA) is 0 Å². The molecule has 2 heteroatoms. The van der Waals surface area contributed by atoms with E-state index < -0.39 is 16.1 Å². The van der Waals surface area contributed by atoms with Crippen molar-refractivity contribution in [2.45, 2.75) is 130 Å². The van der Waals surface area contributed by atoms with Crippen molar-refractivity contribution in [2.75, 3.05) is 0 Å². The van der Waals surface area contributed by atoms with E-state index in [1.807, 2.05) is 0 Å². The second kappa shape index (κ2) is 17.1.